The van der Waals surface area contributed by atoms with Crippen LogP contribution in [0.15, 0.2) is 6.20 Å². The van der Waals surface area contributed by atoms with Crippen LogP contribution in [0.1, 0.15) is 26.0 Å². The highest BCUT2D eigenvalue weighted by Gasteiger charge is 2.22. The van der Waals surface area contributed by atoms with Crippen molar-refractivity contribution in [3.05, 3.63) is 11.9 Å². The molecule has 33 heavy (non-hydrogen) atoms. The molecule has 12 heteroatoms. The maximum Gasteiger partial charge on any atom is 0.152 e. The molecule has 1 aliphatic rings. The van der Waals surface area contributed by atoms with E-state index in [4.69, 9.17) is 18.9 Å². The number of hydrogen-bond acceptors (Lipinski definition) is 10. The van der Waals surface area contributed by atoms with Crippen LogP contribution in [-0.2, 0) is 41.9 Å². The van der Waals surface area contributed by atoms with Crippen LogP contribution < -0.4 is 5.32 Å². The Bertz CT molecular complexity index is 718. The minimum atomic E-state index is -2.86. The molecular formula is C21H41N5O6S. The molecule has 0 aliphatic carbocycles. The first kappa shape index (κ1) is 28.1. The van der Waals surface area contributed by atoms with Gasteiger partial charge in [-0.2, -0.15) is 0 Å². The summed E-state index contributed by atoms with van der Waals surface area (Å²) >= 11 is 0. The molecule has 1 N–H and O–H groups in total. The van der Waals surface area contributed by atoms with Crippen LogP contribution >= 0.6 is 0 Å². The molecule has 1 aliphatic heterocycles. The smallest absolute Gasteiger partial charge is 0.152 e. The summed E-state index contributed by atoms with van der Waals surface area (Å²) < 4.78 is 46.8. The predicted molar refractivity (Wildman–Crippen MR) is 125 cm³/mol. The van der Waals surface area contributed by atoms with E-state index in [1.165, 1.54) is 0 Å². The quantitative estimate of drug-likeness (QED) is 0.264. The molecule has 1 fully saturated rings. The van der Waals surface area contributed by atoms with E-state index in [9.17, 15) is 8.42 Å². The minimum Gasteiger partial charge on any atom is -0.378 e. The third-order valence-corrected chi connectivity index (χ3v) is 6.95. The molecule has 0 aromatic carbocycles. The fourth-order valence-electron chi connectivity index (χ4n) is 3.10. The van der Waals surface area contributed by atoms with Gasteiger partial charge in [-0.05, 0) is 13.3 Å². The van der Waals surface area contributed by atoms with Crippen molar-refractivity contribution >= 4 is 9.84 Å². The van der Waals surface area contributed by atoms with Crippen LogP contribution in [0, 0.1) is 0 Å². The van der Waals surface area contributed by atoms with E-state index in [0.717, 1.165) is 18.7 Å². The van der Waals surface area contributed by atoms with E-state index in [1.54, 1.807) is 4.68 Å². The van der Waals surface area contributed by atoms with Gasteiger partial charge in [0.25, 0.3) is 0 Å². The van der Waals surface area contributed by atoms with Crippen LogP contribution in [0.3, 0.4) is 0 Å². The van der Waals surface area contributed by atoms with Gasteiger partial charge in [0.15, 0.2) is 9.84 Å². The van der Waals surface area contributed by atoms with Gasteiger partial charge in [0.05, 0.1) is 76.6 Å². The highest BCUT2D eigenvalue weighted by Crippen LogP contribution is 2.07. The van der Waals surface area contributed by atoms with Crippen LogP contribution in [0.25, 0.3) is 0 Å². The van der Waals surface area contributed by atoms with Crippen molar-refractivity contribution in [2.45, 2.75) is 39.4 Å². The maximum atomic E-state index is 11.5. The first-order valence-electron chi connectivity index (χ1n) is 11.8. The second kappa shape index (κ2) is 16.5. The Morgan fingerprint density at radius 2 is 1.55 bits per heavy atom. The minimum absolute atomic E-state index is 0.216. The van der Waals surface area contributed by atoms with E-state index >= 15 is 0 Å². The van der Waals surface area contributed by atoms with Gasteiger partial charge >= 0.3 is 0 Å². The average Bonchev–Trinajstić information content (AvgIpc) is 3.24. The van der Waals surface area contributed by atoms with Crippen LogP contribution in [-0.4, -0.2) is 118 Å². The number of nitrogens with zero attached hydrogens (tertiary/aromatic N) is 4. The molecular weight excluding hydrogens is 450 g/mol. The second-order valence-electron chi connectivity index (χ2n) is 8.11. The first-order chi connectivity index (χ1) is 16.0. The van der Waals surface area contributed by atoms with Gasteiger partial charge in [-0.15, -0.1) is 5.10 Å². The summed E-state index contributed by atoms with van der Waals surface area (Å²) in [6.45, 7) is 12.0. The third kappa shape index (κ3) is 13.4. The van der Waals surface area contributed by atoms with E-state index in [0.29, 0.717) is 85.1 Å². The number of hydrogen-bond donors (Lipinski definition) is 1. The number of nitrogens with one attached hydrogen (secondary N) is 1. The largest absolute Gasteiger partial charge is 0.378 e. The maximum absolute atomic E-state index is 11.5. The highest BCUT2D eigenvalue weighted by atomic mass is 32.2. The Morgan fingerprint density at radius 3 is 2.15 bits per heavy atom. The first-order valence-corrected chi connectivity index (χ1v) is 13.7. The lowest BCUT2D eigenvalue weighted by Gasteiger charge is -2.25. The van der Waals surface area contributed by atoms with Crippen LogP contribution in [0.2, 0.25) is 0 Å². The van der Waals surface area contributed by atoms with Gasteiger partial charge in [-0.1, -0.05) is 12.1 Å². The van der Waals surface area contributed by atoms with Crippen LogP contribution in [0.4, 0.5) is 0 Å². The Hall–Kier alpha value is -1.15. The van der Waals surface area contributed by atoms with E-state index in [1.807, 2.05) is 6.20 Å². The third-order valence-electron chi connectivity index (χ3n) is 5.34. The number of ether oxygens (including phenoxy) is 4. The topological polar surface area (TPSA) is 117 Å². The Kier molecular flexibility index (Phi) is 14.0. The molecule has 1 aromatic heterocycles. The fraction of sp³-hybridized carbons (Fsp3) is 0.905. The predicted octanol–water partition coefficient (Wildman–Crippen LogP) is -0.0370. The van der Waals surface area contributed by atoms with Crippen LogP contribution in [0.5, 0.6) is 0 Å². The zero-order valence-electron chi connectivity index (χ0n) is 20.1. The fourth-order valence-corrected chi connectivity index (χ4v) is 4.38. The van der Waals surface area contributed by atoms with Gasteiger partial charge in [0.2, 0.25) is 0 Å². The molecule has 0 bridgehead atoms. The molecule has 0 spiro atoms. The zero-order chi connectivity index (χ0) is 23.8. The highest BCUT2D eigenvalue weighted by molar-refractivity contribution is 7.91. The molecule has 192 valence electrons. The zero-order valence-corrected chi connectivity index (χ0v) is 20.9. The van der Waals surface area contributed by atoms with Crippen molar-refractivity contribution in [3.63, 3.8) is 0 Å². The summed E-state index contributed by atoms with van der Waals surface area (Å²) in [5, 5.41) is 11.6. The standard InChI is InChI=1S/C21H41N5O6S/c1-3-20(2)22-4-8-29-10-12-31-14-15-32-13-11-30-9-5-26-19-21(23-24-26)18-25-6-16-33(27,28)17-7-25/h19-20,22H,3-18H2,1-2H3. The summed E-state index contributed by atoms with van der Waals surface area (Å²) in [4.78, 5) is 2.09. The summed E-state index contributed by atoms with van der Waals surface area (Å²) in [6.07, 6.45) is 3.00. The summed E-state index contributed by atoms with van der Waals surface area (Å²) in [7, 11) is -2.86. The van der Waals surface area contributed by atoms with Crippen molar-refractivity contribution in [3.8, 4) is 0 Å². The lowest BCUT2D eigenvalue weighted by Crippen LogP contribution is -2.39. The Balaban J connectivity index is 1.35. The van der Waals surface area contributed by atoms with Crippen molar-refractivity contribution in [2.75, 3.05) is 84.0 Å². The SMILES string of the molecule is CCC(C)NCCOCCOCCOCCOCCn1cc(CN2CCS(=O)(=O)CC2)nn1. The molecule has 0 saturated carbocycles. The number of rotatable bonds is 19. The van der Waals surface area contributed by atoms with Crippen molar-refractivity contribution < 1.29 is 27.4 Å². The van der Waals surface area contributed by atoms with Crippen molar-refractivity contribution in [2.24, 2.45) is 0 Å². The van der Waals surface area contributed by atoms with E-state index in [-0.39, 0.29) is 11.5 Å². The van der Waals surface area contributed by atoms with Crippen molar-refractivity contribution in [1.82, 2.24) is 25.2 Å². The monoisotopic (exact) mass is 491 g/mol. The van der Waals surface area contributed by atoms with Gasteiger partial charge in [-0.25, -0.2) is 13.1 Å². The Morgan fingerprint density at radius 1 is 0.970 bits per heavy atom. The summed E-state index contributed by atoms with van der Waals surface area (Å²) in [5.41, 5.74) is 0.839. The molecule has 0 radical (unpaired) electrons. The van der Waals surface area contributed by atoms with E-state index in [2.05, 4.69) is 34.4 Å². The molecule has 1 aromatic rings. The normalized spacial score (nSPS) is 17.4. The molecule has 1 unspecified atom stereocenters. The molecule has 2 rings (SSSR count). The molecule has 2 heterocycles. The lowest BCUT2D eigenvalue weighted by atomic mass is 10.3. The van der Waals surface area contributed by atoms with Crippen molar-refractivity contribution in [1.29, 1.82) is 0 Å². The molecule has 1 saturated heterocycles. The Labute approximate surface area is 198 Å². The molecule has 11 nitrogen and oxygen atoms in total. The van der Waals surface area contributed by atoms with E-state index < -0.39 is 9.84 Å². The van der Waals surface area contributed by atoms with Gasteiger partial charge in [0.1, 0.15) is 0 Å². The number of sulfone groups is 1. The lowest BCUT2D eigenvalue weighted by molar-refractivity contribution is -0.00254. The molecule has 0 amide bonds. The summed E-state index contributed by atoms with van der Waals surface area (Å²) in [5.74, 6) is 0.433. The van der Waals surface area contributed by atoms with Gasteiger partial charge in [0, 0.05) is 38.4 Å². The number of aromatic nitrogens is 3. The summed E-state index contributed by atoms with van der Waals surface area (Å²) in [6, 6.07) is 0.530. The molecule has 1 atom stereocenters. The van der Waals surface area contributed by atoms with Gasteiger partial charge in [-0.3, -0.25) is 4.90 Å². The van der Waals surface area contributed by atoms with Gasteiger partial charge < -0.3 is 24.3 Å². The average molecular weight is 492 g/mol. The second-order valence-corrected chi connectivity index (χ2v) is 10.4.